The summed E-state index contributed by atoms with van der Waals surface area (Å²) in [7, 11) is 0. The van der Waals surface area contributed by atoms with Gasteiger partial charge in [0.15, 0.2) is 0 Å². The number of hydrogen-bond acceptors (Lipinski definition) is 2. The maximum Gasteiger partial charge on any atom is 0.0210 e. The molecule has 0 saturated carbocycles. The summed E-state index contributed by atoms with van der Waals surface area (Å²) in [6, 6.07) is 7.25. The molecule has 0 aliphatic rings. The van der Waals surface area contributed by atoms with Gasteiger partial charge in [0.2, 0.25) is 0 Å². The van der Waals surface area contributed by atoms with Crippen molar-refractivity contribution < 1.29 is 0 Å². The molecule has 2 heteroatoms. The summed E-state index contributed by atoms with van der Waals surface area (Å²) in [5.74, 6) is 1.13. The molecule has 0 aromatic heterocycles. The lowest BCUT2D eigenvalue weighted by Crippen LogP contribution is -2.42. The minimum Gasteiger partial charge on any atom is -0.313 e. The highest BCUT2D eigenvalue weighted by atomic mass is 32.2. The van der Waals surface area contributed by atoms with Crippen LogP contribution in [0, 0.1) is 19.3 Å². The summed E-state index contributed by atoms with van der Waals surface area (Å²) in [6.45, 7) is 14.5. The number of rotatable bonds is 5. The van der Waals surface area contributed by atoms with E-state index in [4.69, 9.17) is 0 Å². The zero-order chi connectivity index (χ0) is 13.8. The molecule has 0 amide bonds. The van der Waals surface area contributed by atoms with Crippen LogP contribution in [0.1, 0.15) is 38.8 Å². The zero-order valence-corrected chi connectivity index (χ0v) is 13.4. The van der Waals surface area contributed by atoms with Gasteiger partial charge in [0.25, 0.3) is 0 Å². The third-order valence-corrected chi connectivity index (χ3v) is 4.50. The Bertz CT molecular complexity index is 379. The molecule has 1 aromatic rings. The third kappa shape index (κ3) is 4.66. The zero-order valence-electron chi connectivity index (χ0n) is 12.6. The number of aryl methyl sites for hydroxylation is 2. The van der Waals surface area contributed by atoms with E-state index in [2.05, 4.69) is 65.1 Å². The van der Waals surface area contributed by atoms with Crippen LogP contribution in [0.15, 0.2) is 23.1 Å². The van der Waals surface area contributed by atoms with Crippen molar-refractivity contribution in [2.45, 2.75) is 52.5 Å². The average molecular weight is 265 g/mol. The van der Waals surface area contributed by atoms with Crippen molar-refractivity contribution in [2.75, 3.05) is 12.3 Å². The first kappa shape index (κ1) is 15.6. The number of thioether (sulfide) groups is 1. The van der Waals surface area contributed by atoms with Gasteiger partial charge in [-0.05, 0) is 37.4 Å². The van der Waals surface area contributed by atoms with E-state index in [1.165, 1.54) is 16.0 Å². The van der Waals surface area contributed by atoms with Gasteiger partial charge in [-0.1, -0.05) is 45.4 Å². The van der Waals surface area contributed by atoms with Crippen molar-refractivity contribution in [3.63, 3.8) is 0 Å². The lowest BCUT2D eigenvalue weighted by atomic mass is 9.88. The molecule has 0 aliphatic heterocycles. The first-order chi connectivity index (χ1) is 8.34. The van der Waals surface area contributed by atoms with Gasteiger partial charge in [-0.2, -0.15) is 0 Å². The van der Waals surface area contributed by atoms with Crippen LogP contribution >= 0.6 is 11.8 Å². The summed E-state index contributed by atoms with van der Waals surface area (Å²) < 4.78 is 0. The van der Waals surface area contributed by atoms with Crippen molar-refractivity contribution in [1.29, 1.82) is 0 Å². The van der Waals surface area contributed by atoms with E-state index in [-0.39, 0.29) is 0 Å². The largest absolute Gasteiger partial charge is 0.313 e. The smallest absolute Gasteiger partial charge is 0.0210 e. The number of nitrogens with one attached hydrogen (secondary N) is 1. The van der Waals surface area contributed by atoms with Crippen LogP contribution in [-0.2, 0) is 0 Å². The van der Waals surface area contributed by atoms with Crippen LogP contribution in [0.5, 0.6) is 0 Å². The third-order valence-electron chi connectivity index (χ3n) is 3.25. The molecule has 0 spiro atoms. The van der Waals surface area contributed by atoms with Crippen molar-refractivity contribution in [3.05, 3.63) is 29.3 Å². The molecule has 1 N–H and O–H groups in total. The molecule has 18 heavy (non-hydrogen) atoms. The maximum atomic E-state index is 3.61. The molecule has 0 saturated heterocycles. The maximum absolute atomic E-state index is 3.61. The Balaban J connectivity index is 2.70. The van der Waals surface area contributed by atoms with E-state index >= 15 is 0 Å². The Morgan fingerprint density at radius 3 is 2.44 bits per heavy atom. The van der Waals surface area contributed by atoms with Gasteiger partial charge in [0, 0.05) is 16.7 Å². The van der Waals surface area contributed by atoms with E-state index in [9.17, 15) is 0 Å². The predicted molar refractivity (Wildman–Crippen MR) is 83.6 cm³/mol. The highest BCUT2D eigenvalue weighted by molar-refractivity contribution is 7.99. The molecule has 1 aromatic carbocycles. The van der Waals surface area contributed by atoms with Crippen molar-refractivity contribution in [3.8, 4) is 0 Å². The fourth-order valence-electron chi connectivity index (χ4n) is 1.90. The molecule has 0 heterocycles. The summed E-state index contributed by atoms with van der Waals surface area (Å²) >= 11 is 1.97. The van der Waals surface area contributed by atoms with Crippen LogP contribution in [-0.4, -0.2) is 18.3 Å². The first-order valence-electron chi connectivity index (χ1n) is 6.78. The van der Waals surface area contributed by atoms with Crippen LogP contribution in [0.3, 0.4) is 0 Å². The molecule has 0 fully saturated rings. The van der Waals surface area contributed by atoms with Gasteiger partial charge >= 0.3 is 0 Å². The summed E-state index contributed by atoms with van der Waals surface area (Å²) in [4.78, 5) is 1.42. The van der Waals surface area contributed by atoms with E-state index in [0.29, 0.717) is 11.5 Å². The minimum absolute atomic E-state index is 0.306. The second-order valence-electron chi connectivity index (χ2n) is 6.06. The molecule has 0 radical (unpaired) electrons. The van der Waals surface area contributed by atoms with E-state index in [0.717, 1.165) is 12.3 Å². The highest BCUT2D eigenvalue weighted by Crippen LogP contribution is 2.29. The fourth-order valence-corrected chi connectivity index (χ4v) is 3.43. The Morgan fingerprint density at radius 2 is 1.89 bits per heavy atom. The van der Waals surface area contributed by atoms with Crippen molar-refractivity contribution in [2.24, 2.45) is 5.41 Å². The van der Waals surface area contributed by atoms with Crippen molar-refractivity contribution in [1.82, 2.24) is 5.32 Å². The van der Waals surface area contributed by atoms with Gasteiger partial charge in [0.1, 0.15) is 0 Å². The van der Waals surface area contributed by atoms with Crippen LogP contribution in [0.2, 0.25) is 0 Å². The van der Waals surface area contributed by atoms with Gasteiger partial charge in [-0.25, -0.2) is 0 Å². The molecule has 1 rings (SSSR count). The first-order valence-corrected chi connectivity index (χ1v) is 7.76. The molecule has 1 nitrogen and oxygen atoms in total. The molecule has 1 atom stereocenters. The fraction of sp³-hybridized carbons (Fsp3) is 0.625. The summed E-state index contributed by atoms with van der Waals surface area (Å²) in [5, 5.41) is 3.61. The summed E-state index contributed by atoms with van der Waals surface area (Å²) in [6.07, 6.45) is 0. The van der Waals surface area contributed by atoms with Crippen molar-refractivity contribution >= 4 is 11.8 Å². The van der Waals surface area contributed by atoms with Gasteiger partial charge in [-0.3, -0.25) is 0 Å². The molecular formula is C16H27NS. The highest BCUT2D eigenvalue weighted by Gasteiger charge is 2.23. The number of benzene rings is 1. The molecule has 0 bridgehead atoms. The lowest BCUT2D eigenvalue weighted by Gasteiger charge is -2.31. The van der Waals surface area contributed by atoms with E-state index in [1.807, 2.05) is 11.8 Å². The summed E-state index contributed by atoms with van der Waals surface area (Å²) in [5.41, 5.74) is 3.04. The Morgan fingerprint density at radius 1 is 1.22 bits per heavy atom. The van der Waals surface area contributed by atoms with Gasteiger partial charge in [0.05, 0.1) is 0 Å². The molecule has 0 aliphatic carbocycles. The van der Waals surface area contributed by atoms with Crippen LogP contribution in [0.25, 0.3) is 0 Å². The molecule has 1 unspecified atom stereocenters. The Labute approximate surface area is 117 Å². The van der Waals surface area contributed by atoms with E-state index < -0.39 is 0 Å². The molecular weight excluding hydrogens is 238 g/mol. The standard InChI is InChI=1S/C16H27NS/c1-7-17-15(16(4,5)6)11-18-14-10-12(2)8-9-13(14)3/h8-10,15,17H,7,11H2,1-6H3. The van der Waals surface area contributed by atoms with Crippen LogP contribution in [0.4, 0.5) is 0 Å². The predicted octanol–water partition coefficient (Wildman–Crippen LogP) is 4.42. The van der Waals surface area contributed by atoms with Crippen LogP contribution < -0.4 is 5.32 Å². The van der Waals surface area contributed by atoms with E-state index in [1.54, 1.807) is 0 Å². The Kier molecular flexibility index (Phi) is 5.74. The second kappa shape index (κ2) is 6.63. The number of hydrogen-bond donors (Lipinski definition) is 1. The minimum atomic E-state index is 0.306. The lowest BCUT2D eigenvalue weighted by molar-refractivity contribution is 0.295. The monoisotopic (exact) mass is 265 g/mol. The SMILES string of the molecule is CCNC(CSc1cc(C)ccc1C)C(C)(C)C. The second-order valence-corrected chi connectivity index (χ2v) is 7.12. The average Bonchev–Trinajstić information content (AvgIpc) is 2.27. The molecule has 102 valence electrons. The van der Waals surface area contributed by atoms with Gasteiger partial charge < -0.3 is 5.32 Å². The quantitative estimate of drug-likeness (QED) is 0.791. The Hall–Kier alpha value is -0.470. The topological polar surface area (TPSA) is 12.0 Å². The van der Waals surface area contributed by atoms with Gasteiger partial charge in [-0.15, -0.1) is 11.8 Å². The normalized spacial score (nSPS) is 13.7.